The minimum absolute atomic E-state index is 0.313. The number of esters is 1. The summed E-state index contributed by atoms with van der Waals surface area (Å²) in [5.74, 6) is -0.313. The van der Waals surface area contributed by atoms with Gasteiger partial charge in [0.2, 0.25) is 0 Å². The van der Waals surface area contributed by atoms with Crippen molar-refractivity contribution in [2.24, 2.45) is 0 Å². The maximum atomic E-state index is 11.5. The lowest BCUT2D eigenvalue weighted by Gasteiger charge is -2.05. The van der Waals surface area contributed by atoms with E-state index in [0.717, 1.165) is 21.9 Å². The van der Waals surface area contributed by atoms with E-state index in [1.54, 1.807) is 6.07 Å². The summed E-state index contributed by atoms with van der Waals surface area (Å²) in [5.41, 5.74) is 1.60. The van der Waals surface area contributed by atoms with Crippen molar-refractivity contribution in [3.63, 3.8) is 0 Å². The van der Waals surface area contributed by atoms with Crippen LogP contribution in [0.1, 0.15) is 17.3 Å². The summed E-state index contributed by atoms with van der Waals surface area (Å²) in [4.78, 5) is 11.5. The Morgan fingerprint density at radius 3 is 2.88 bits per heavy atom. The van der Waals surface area contributed by atoms with Gasteiger partial charge < -0.3 is 9.30 Å². The zero-order valence-corrected chi connectivity index (χ0v) is 10.7. The summed E-state index contributed by atoms with van der Waals surface area (Å²) >= 11 is 3.47. The molecule has 0 N–H and O–H groups in total. The summed E-state index contributed by atoms with van der Waals surface area (Å²) < 4.78 is 7.73. The second-order valence-electron chi connectivity index (χ2n) is 3.48. The van der Waals surface area contributed by atoms with Crippen LogP contribution in [-0.2, 0) is 11.3 Å². The molecule has 84 valence electrons. The van der Waals surface area contributed by atoms with E-state index in [0.29, 0.717) is 5.56 Å². The lowest BCUT2D eigenvalue weighted by Crippen LogP contribution is -2.02. The van der Waals surface area contributed by atoms with Crippen molar-refractivity contribution in [1.82, 2.24) is 4.57 Å². The molecule has 0 saturated heterocycles. The van der Waals surface area contributed by atoms with Crippen LogP contribution in [0, 0.1) is 0 Å². The highest BCUT2D eigenvalue weighted by atomic mass is 79.9. The molecule has 1 aromatic carbocycles. The Kier molecular flexibility index (Phi) is 3.01. The van der Waals surface area contributed by atoms with Gasteiger partial charge in [0.25, 0.3) is 0 Å². The predicted octanol–water partition coefficient (Wildman–Crippen LogP) is 3.21. The highest BCUT2D eigenvalue weighted by Gasteiger charge is 2.11. The van der Waals surface area contributed by atoms with Gasteiger partial charge in [0.05, 0.1) is 12.7 Å². The van der Waals surface area contributed by atoms with E-state index in [9.17, 15) is 4.79 Å². The lowest BCUT2D eigenvalue weighted by atomic mass is 10.1. The molecular weight excluding hydrogens is 270 g/mol. The first-order valence-electron chi connectivity index (χ1n) is 5.04. The second kappa shape index (κ2) is 4.29. The van der Waals surface area contributed by atoms with E-state index in [4.69, 9.17) is 4.74 Å². The highest BCUT2D eigenvalue weighted by molar-refractivity contribution is 9.10. The summed E-state index contributed by atoms with van der Waals surface area (Å²) in [6.45, 7) is 2.94. The minimum atomic E-state index is -0.313. The number of carbonyl (C=O) groups is 1. The van der Waals surface area contributed by atoms with Gasteiger partial charge in [0, 0.05) is 28.1 Å². The molecule has 0 saturated carbocycles. The summed E-state index contributed by atoms with van der Waals surface area (Å²) in [6.07, 6.45) is 2.01. The van der Waals surface area contributed by atoms with Gasteiger partial charge in [0.1, 0.15) is 0 Å². The molecule has 3 nitrogen and oxygen atoms in total. The zero-order chi connectivity index (χ0) is 11.7. The molecule has 1 heterocycles. The van der Waals surface area contributed by atoms with Gasteiger partial charge in [0.15, 0.2) is 0 Å². The van der Waals surface area contributed by atoms with E-state index in [1.165, 1.54) is 7.11 Å². The van der Waals surface area contributed by atoms with Crippen molar-refractivity contribution in [2.45, 2.75) is 13.5 Å². The number of methoxy groups -OCH3 is 1. The van der Waals surface area contributed by atoms with Crippen molar-refractivity contribution in [3.8, 4) is 0 Å². The first-order valence-corrected chi connectivity index (χ1v) is 5.83. The van der Waals surface area contributed by atoms with Crippen LogP contribution >= 0.6 is 15.9 Å². The third-order valence-corrected chi connectivity index (χ3v) is 3.26. The topological polar surface area (TPSA) is 31.2 Å². The number of fused-ring (bicyclic) bond motifs is 1. The molecular formula is C12H12BrNO2. The number of halogens is 1. The first-order chi connectivity index (χ1) is 7.67. The third kappa shape index (κ3) is 1.73. The first kappa shape index (κ1) is 11.2. The molecule has 0 spiro atoms. The maximum Gasteiger partial charge on any atom is 0.337 e. The van der Waals surface area contributed by atoms with E-state index in [1.807, 2.05) is 18.3 Å². The van der Waals surface area contributed by atoms with E-state index < -0.39 is 0 Å². The molecule has 2 aromatic rings. The number of nitrogens with zero attached hydrogens (tertiary/aromatic N) is 1. The fraction of sp³-hybridized carbons (Fsp3) is 0.250. The van der Waals surface area contributed by atoms with Crippen molar-refractivity contribution in [2.75, 3.05) is 7.11 Å². The van der Waals surface area contributed by atoms with Crippen LogP contribution in [0.4, 0.5) is 0 Å². The number of aromatic nitrogens is 1. The molecule has 0 atom stereocenters. The molecule has 0 bridgehead atoms. The average molecular weight is 282 g/mol. The smallest absolute Gasteiger partial charge is 0.337 e. The minimum Gasteiger partial charge on any atom is -0.465 e. The molecule has 0 aliphatic rings. The molecule has 0 radical (unpaired) electrons. The van der Waals surface area contributed by atoms with Gasteiger partial charge >= 0.3 is 5.97 Å². The number of hydrogen-bond donors (Lipinski definition) is 0. The number of hydrogen-bond acceptors (Lipinski definition) is 2. The largest absolute Gasteiger partial charge is 0.465 e. The Morgan fingerprint density at radius 1 is 1.50 bits per heavy atom. The normalized spacial score (nSPS) is 10.7. The summed E-state index contributed by atoms with van der Waals surface area (Å²) in [5, 5.41) is 1.11. The molecule has 0 unspecified atom stereocenters. The molecule has 4 heteroatoms. The number of ether oxygens (including phenoxy) is 1. The van der Waals surface area contributed by atoms with E-state index in [2.05, 4.69) is 27.4 Å². The lowest BCUT2D eigenvalue weighted by molar-refractivity contribution is 0.0601. The number of carbonyl (C=O) groups excluding carboxylic acids is 1. The number of benzene rings is 1. The van der Waals surface area contributed by atoms with Gasteiger partial charge in [-0.05, 0) is 25.1 Å². The Morgan fingerprint density at radius 2 is 2.25 bits per heavy atom. The SMILES string of the molecule is CCn1ccc2c(Br)cc(C(=O)OC)cc21. The van der Waals surface area contributed by atoms with Crippen molar-refractivity contribution in [3.05, 3.63) is 34.4 Å². The van der Waals surface area contributed by atoms with Gasteiger partial charge in [-0.1, -0.05) is 15.9 Å². The van der Waals surface area contributed by atoms with Gasteiger partial charge in [-0.25, -0.2) is 4.79 Å². The van der Waals surface area contributed by atoms with Crippen LogP contribution in [0.2, 0.25) is 0 Å². The van der Waals surface area contributed by atoms with Crippen molar-refractivity contribution >= 4 is 32.8 Å². The number of rotatable bonds is 2. The standard InChI is InChI=1S/C12H12BrNO2/c1-3-14-5-4-9-10(13)6-8(7-11(9)14)12(15)16-2/h4-7H,3H2,1-2H3. The molecule has 1 aromatic heterocycles. The fourth-order valence-corrected chi connectivity index (χ4v) is 2.34. The summed E-state index contributed by atoms with van der Waals surface area (Å²) in [7, 11) is 1.39. The van der Waals surface area contributed by atoms with Gasteiger partial charge in [-0.2, -0.15) is 0 Å². The van der Waals surface area contributed by atoms with Crippen LogP contribution in [0.15, 0.2) is 28.9 Å². The van der Waals surface area contributed by atoms with Crippen LogP contribution in [-0.4, -0.2) is 17.6 Å². The fourth-order valence-electron chi connectivity index (χ4n) is 1.76. The van der Waals surface area contributed by atoms with Crippen molar-refractivity contribution in [1.29, 1.82) is 0 Å². The second-order valence-corrected chi connectivity index (χ2v) is 4.34. The van der Waals surface area contributed by atoms with Gasteiger partial charge in [-0.15, -0.1) is 0 Å². The maximum absolute atomic E-state index is 11.5. The molecule has 0 amide bonds. The zero-order valence-electron chi connectivity index (χ0n) is 9.16. The highest BCUT2D eigenvalue weighted by Crippen LogP contribution is 2.27. The van der Waals surface area contributed by atoms with Crippen LogP contribution < -0.4 is 0 Å². The Hall–Kier alpha value is -1.29. The van der Waals surface area contributed by atoms with E-state index >= 15 is 0 Å². The quantitative estimate of drug-likeness (QED) is 0.792. The molecule has 0 aliphatic heterocycles. The van der Waals surface area contributed by atoms with Crippen molar-refractivity contribution < 1.29 is 9.53 Å². The van der Waals surface area contributed by atoms with Crippen LogP contribution in [0.5, 0.6) is 0 Å². The average Bonchev–Trinajstić information content (AvgIpc) is 2.71. The Bertz CT molecular complexity index is 545. The Labute approximate surface area is 102 Å². The summed E-state index contributed by atoms with van der Waals surface area (Å²) in [6, 6.07) is 5.67. The molecule has 2 rings (SSSR count). The number of aryl methyl sites for hydroxylation is 1. The molecule has 0 aliphatic carbocycles. The van der Waals surface area contributed by atoms with Crippen LogP contribution in [0.25, 0.3) is 10.9 Å². The van der Waals surface area contributed by atoms with E-state index in [-0.39, 0.29) is 5.97 Å². The monoisotopic (exact) mass is 281 g/mol. The third-order valence-electron chi connectivity index (χ3n) is 2.60. The molecule has 16 heavy (non-hydrogen) atoms. The van der Waals surface area contributed by atoms with Crippen LogP contribution in [0.3, 0.4) is 0 Å². The predicted molar refractivity (Wildman–Crippen MR) is 66.7 cm³/mol. The Balaban J connectivity index is 2.68. The van der Waals surface area contributed by atoms with Gasteiger partial charge in [-0.3, -0.25) is 0 Å². The molecule has 0 fully saturated rings.